The fourth-order valence-electron chi connectivity index (χ4n) is 1.38. The summed E-state index contributed by atoms with van der Waals surface area (Å²) in [6, 6.07) is 2.35. The number of amides is 1. The lowest BCUT2D eigenvalue weighted by atomic mass is 10.1. The number of benzene rings is 1. The second-order valence-electron chi connectivity index (χ2n) is 3.46. The fourth-order valence-corrected chi connectivity index (χ4v) is 1.38. The first-order chi connectivity index (χ1) is 8.45. The monoisotopic (exact) mass is 254 g/mol. The van der Waals surface area contributed by atoms with Gasteiger partial charge in [0.1, 0.15) is 6.04 Å². The lowest BCUT2D eigenvalue weighted by Gasteiger charge is -2.10. The maximum absolute atomic E-state index is 10.8. The summed E-state index contributed by atoms with van der Waals surface area (Å²) < 4.78 is 0. The maximum atomic E-state index is 10.8. The smallest absolute Gasteiger partial charge is 0.326 e. The molecule has 96 valence electrons. The zero-order valence-electron chi connectivity index (χ0n) is 9.07. The van der Waals surface area contributed by atoms with Crippen molar-refractivity contribution in [2.45, 2.75) is 12.5 Å². The number of carboxylic acid groups (broad SMARTS) is 1. The van der Waals surface area contributed by atoms with Crippen LogP contribution in [0.1, 0.15) is 5.56 Å². The standard InChI is InChI=1S/C10H10N2O6/c13-5-11-7(10(15)16)3-6-1-2-9(14)8(4-6)12(17)18/h1-2,4-5,7,14H,3H2,(H,11,13)(H,15,16). The number of carbonyl (C=O) groups is 2. The molecule has 1 aromatic rings. The van der Waals surface area contributed by atoms with Gasteiger partial charge in [-0.25, -0.2) is 4.79 Å². The lowest BCUT2D eigenvalue weighted by Crippen LogP contribution is -2.37. The van der Waals surface area contributed by atoms with E-state index in [1.54, 1.807) is 0 Å². The second kappa shape index (κ2) is 5.62. The molecule has 18 heavy (non-hydrogen) atoms. The molecule has 1 amide bonds. The fraction of sp³-hybridized carbons (Fsp3) is 0.200. The van der Waals surface area contributed by atoms with Crippen molar-refractivity contribution in [3.8, 4) is 5.75 Å². The second-order valence-corrected chi connectivity index (χ2v) is 3.46. The Kier molecular flexibility index (Phi) is 4.19. The largest absolute Gasteiger partial charge is 0.502 e. The van der Waals surface area contributed by atoms with Crippen LogP contribution in [0.15, 0.2) is 18.2 Å². The number of nitro benzene ring substituents is 1. The summed E-state index contributed by atoms with van der Waals surface area (Å²) in [7, 11) is 0. The Morgan fingerprint density at radius 2 is 2.22 bits per heavy atom. The summed E-state index contributed by atoms with van der Waals surface area (Å²) in [5.41, 5.74) is -0.191. The third-order valence-electron chi connectivity index (χ3n) is 2.24. The van der Waals surface area contributed by atoms with E-state index in [-0.39, 0.29) is 12.8 Å². The van der Waals surface area contributed by atoms with E-state index in [9.17, 15) is 24.8 Å². The predicted octanol–water partition coefficient (Wildman–Crippen LogP) is 0.0421. The average Bonchev–Trinajstić information content (AvgIpc) is 2.30. The van der Waals surface area contributed by atoms with Gasteiger partial charge in [0.2, 0.25) is 6.41 Å². The van der Waals surface area contributed by atoms with Gasteiger partial charge < -0.3 is 15.5 Å². The molecule has 0 heterocycles. The summed E-state index contributed by atoms with van der Waals surface area (Å²) in [5, 5.41) is 30.7. The molecule has 0 saturated heterocycles. The van der Waals surface area contributed by atoms with Crippen LogP contribution in [0.2, 0.25) is 0 Å². The molecule has 0 aliphatic rings. The minimum Gasteiger partial charge on any atom is -0.502 e. The molecule has 1 aromatic carbocycles. The summed E-state index contributed by atoms with van der Waals surface area (Å²) in [6.07, 6.45) is 0.128. The highest BCUT2D eigenvalue weighted by atomic mass is 16.6. The number of phenolic OH excluding ortho intramolecular Hbond substituents is 1. The number of aliphatic carboxylic acids is 1. The van der Waals surface area contributed by atoms with Crippen molar-refractivity contribution >= 4 is 18.1 Å². The number of rotatable bonds is 6. The van der Waals surface area contributed by atoms with Gasteiger partial charge in [0.05, 0.1) is 4.92 Å². The third kappa shape index (κ3) is 3.17. The normalized spacial score (nSPS) is 11.6. The molecule has 3 N–H and O–H groups in total. The van der Waals surface area contributed by atoms with Crippen LogP contribution in [-0.4, -0.2) is 33.6 Å². The van der Waals surface area contributed by atoms with Gasteiger partial charge in [-0.05, 0) is 11.6 Å². The maximum Gasteiger partial charge on any atom is 0.326 e. The molecule has 0 fully saturated rings. The Labute approximate surface area is 101 Å². The molecule has 0 bridgehead atoms. The zero-order valence-corrected chi connectivity index (χ0v) is 9.07. The molecule has 1 unspecified atom stereocenters. The van der Waals surface area contributed by atoms with E-state index in [0.717, 1.165) is 12.1 Å². The van der Waals surface area contributed by atoms with Gasteiger partial charge in [0, 0.05) is 12.5 Å². The Hall–Kier alpha value is -2.64. The van der Waals surface area contributed by atoms with Crippen LogP contribution in [0.3, 0.4) is 0 Å². The number of carboxylic acids is 1. The molecule has 0 spiro atoms. The highest BCUT2D eigenvalue weighted by Gasteiger charge is 2.19. The highest BCUT2D eigenvalue weighted by molar-refractivity contribution is 5.76. The summed E-state index contributed by atoms with van der Waals surface area (Å²) >= 11 is 0. The quantitative estimate of drug-likeness (QED) is 0.373. The number of phenols is 1. The van der Waals surface area contributed by atoms with Crippen molar-refractivity contribution in [1.29, 1.82) is 0 Å². The van der Waals surface area contributed by atoms with Gasteiger partial charge in [-0.15, -0.1) is 0 Å². The van der Waals surface area contributed by atoms with Crippen molar-refractivity contribution in [3.05, 3.63) is 33.9 Å². The number of nitro groups is 1. The first kappa shape index (κ1) is 13.4. The van der Waals surface area contributed by atoms with Crippen molar-refractivity contribution in [1.82, 2.24) is 5.32 Å². The van der Waals surface area contributed by atoms with E-state index >= 15 is 0 Å². The Morgan fingerprint density at radius 3 is 2.72 bits per heavy atom. The Morgan fingerprint density at radius 1 is 1.56 bits per heavy atom. The average molecular weight is 254 g/mol. The minimum absolute atomic E-state index is 0.116. The summed E-state index contributed by atoms with van der Waals surface area (Å²) in [6.45, 7) is 0. The summed E-state index contributed by atoms with van der Waals surface area (Å²) in [5.74, 6) is -1.75. The molecule has 1 rings (SSSR count). The number of hydrogen-bond donors (Lipinski definition) is 3. The molecule has 8 heteroatoms. The first-order valence-electron chi connectivity index (χ1n) is 4.84. The van der Waals surface area contributed by atoms with Crippen molar-refractivity contribution < 1.29 is 24.7 Å². The van der Waals surface area contributed by atoms with Crippen LogP contribution in [0.4, 0.5) is 5.69 Å². The molecule has 0 radical (unpaired) electrons. The van der Waals surface area contributed by atoms with Crippen LogP contribution < -0.4 is 5.32 Å². The van der Waals surface area contributed by atoms with E-state index in [2.05, 4.69) is 5.32 Å². The zero-order chi connectivity index (χ0) is 13.7. The van der Waals surface area contributed by atoms with Crippen LogP contribution in [-0.2, 0) is 16.0 Å². The van der Waals surface area contributed by atoms with Gasteiger partial charge in [0.15, 0.2) is 5.75 Å². The van der Waals surface area contributed by atoms with Gasteiger partial charge in [0.25, 0.3) is 0 Å². The molecule has 0 aliphatic carbocycles. The van der Waals surface area contributed by atoms with Gasteiger partial charge in [-0.1, -0.05) is 6.07 Å². The SMILES string of the molecule is O=CNC(Cc1ccc(O)c([N+](=O)[O-])c1)C(=O)O. The number of aromatic hydroxyl groups is 1. The van der Waals surface area contributed by atoms with Gasteiger partial charge >= 0.3 is 11.7 Å². The molecule has 1 atom stereocenters. The number of carbonyl (C=O) groups excluding carboxylic acids is 1. The van der Waals surface area contributed by atoms with E-state index in [4.69, 9.17) is 5.11 Å². The Balaban J connectivity index is 2.96. The van der Waals surface area contributed by atoms with E-state index in [1.807, 2.05) is 0 Å². The van der Waals surface area contributed by atoms with Gasteiger partial charge in [-0.2, -0.15) is 0 Å². The number of hydrogen-bond acceptors (Lipinski definition) is 5. The van der Waals surface area contributed by atoms with Crippen LogP contribution in [0.5, 0.6) is 5.75 Å². The van der Waals surface area contributed by atoms with Crippen molar-refractivity contribution in [2.24, 2.45) is 0 Å². The predicted molar refractivity (Wildman–Crippen MR) is 59.1 cm³/mol. The van der Waals surface area contributed by atoms with E-state index in [0.29, 0.717) is 5.56 Å². The number of nitrogens with zero attached hydrogens (tertiary/aromatic N) is 1. The van der Waals surface area contributed by atoms with Crippen LogP contribution in [0, 0.1) is 10.1 Å². The van der Waals surface area contributed by atoms with Crippen LogP contribution >= 0.6 is 0 Å². The molecule has 0 aromatic heterocycles. The van der Waals surface area contributed by atoms with E-state index in [1.165, 1.54) is 6.07 Å². The molecule has 8 nitrogen and oxygen atoms in total. The number of nitrogens with one attached hydrogen (secondary N) is 1. The van der Waals surface area contributed by atoms with Crippen molar-refractivity contribution in [2.75, 3.05) is 0 Å². The van der Waals surface area contributed by atoms with Crippen LogP contribution in [0.25, 0.3) is 0 Å². The highest BCUT2D eigenvalue weighted by Crippen LogP contribution is 2.26. The minimum atomic E-state index is -1.25. The first-order valence-corrected chi connectivity index (χ1v) is 4.84. The lowest BCUT2D eigenvalue weighted by molar-refractivity contribution is -0.385. The Bertz CT molecular complexity index is 487. The molecule has 0 aliphatic heterocycles. The van der Waals surface area contributed by atoms with Gasteiger partial charge in [-0.3, -0.25) is 14.9 Å². The molecule has 0 saturated carbocycles. The molecular weight excluding hydrogens is 244 g/mol. The third-order valence-corrected chi connectivity index (χ3v) is 2.24. The molecular formula is C10H10N2O6. The van der Waals surface area contributed by atoms with Crippen molar-refractivity contribution in [3.63, 3.8) is 0 Å². The van der Waals surface area contributed by atoms with E-state index < -0.39 is 28.4 Å². The topological polar surface area (TPSA) is 130 Å². The summed E-state index contributed by atoms with van der Waals surface area (Å²) in [4.78, 5) is 30.8.